The fraction of sp³-hybridized carbons (Fsp3) is 0.240. The van der Waals surface area contributed by atoms with Gasteiger partial charge in [0.15, 0.2) is 0 Å². The van der Waals surface area contributed by atoms with Crippen LogP contribution < -0.4 is 16.0 Å². The molecule has 13 heteroatoms. The Morgan fingerprint density at radius 2 is 1.87 bits per heavy atom. The molecule has 0 saturated carbocycles. The maximum atomic E-state index is 14.1. The molecule has 1 aromatic carbocycles. The third-order valence-corrected chi connectivity index (χ3v) is 5.79. The Morgan fingerprint density at radius 3 is 2.55 bits per heavy atom. The fourth-order valence-corrected chi connectivity index (χ4v) is 3.85. The van der Waals surface area contributed by atoms with Crippen molar-refractivity contribution in [1.29, 1.82) is 0 Å². The third kappa shape index (κ3) is 4.88. The van der Waals surface area contributed by atoms with E-state index in [-0.39, 0.29) is 35.5 Å². The number of hydrogen-bond donors (Lipinski definition) is 5. The maximum absolute atomic E-state index is 14.1. The highest BCUT2D eigenvalue weighted by Crippen LogP contribution is 2.35. The number of pyridine rings is 2. The van der Waals surface area contributed by atoms with Crippen LogP contribution in [0, 0.1) is 0 Å². The molecule has 5 rings (SSSR count). The summed E-state index contributed by atoms with van der Waals surface area (Å²) in [5.41, 5.74) is -0.652. The molecule has 3 aromatic heterocycles. The largest absolute Gasteiger partial charge is 0.394 e. The molecular weight excluding hydrogens is 500 g/mol. The minimum absolute atomic E-state index is 0.0370. The summed E-state index contributed by atoms with van der Waals surface area (Å²) in [6, 6.07) is 9.29. The summed E-state index contributed by atoms with van der Waals surface area (Å²) in [6.45, 7) is 2.77. The standard InChI is InChI=1S/C25H23F2N7O4/c1-24(2,37)23-32-22(38-34-23)15-11-28-19(10-16(15)29-17(12-35)13-6-4-3-5-7-13)30-18-9-8-14-20(31-18)25(26,27)33-21(14)36/h3-11,17,35,37H,12H2,1-2H3,(H,33,36)(H2,28,29,30,31)/t17-/m1/s1. The fourth-order valence-electron chi connectivity index (χ4n) is 3.85. The number of aliphatic hydroxyl groups excluding tert-OH is 1. The quantitative estimate of drug-likeness (QED) is 0.217. The SMILES string of the molecule is CC(C)(O)c1noc(-c2cnc(Nc3ccc4c(n3)C(F)(F)NC4=O)cc2N[C@H](CO)c2ccccc2)n1. The van der Waals surface area contributed by atoms with Gasteiger partial charge in [-0.25, -0.2) is 9.97 Å². The topological polar surface area (TPSA) is 158 Å². The highest BCUT2D eigenvalue weighted by Gasteiger charge is 2.45. The van der Waals surface area contributed by atoms with Gasteiger partial charge in [-0.15, -0.1) is 0 Å². The lowest BCUT2D eigenvalue weighted by molar-refractivity contribution is -0.0278. The van der Waals surface area contributed by atoms with Gasteiger partial charge < -0.3 is 25.4 Å². The van der Waals surface area contributed by atoms with Gasteiger partial charge in [-0.05, 0) is 31.5 Å². The van der Waals surface area contributed by atoms with Gasteiger partial charge in [0, 0.05) is 12.3 Å². The number of benzene rings is 1. The number of carbonyl (C=O) groups excluding carboxylic acids is 1. The molecule has 0 aliphatic carbocycles. The minimum Gasteiger partial charge on any atom is -0.394 e. The number of nitrogens with one attached hydrogen (secondary N) is 3. The second kappa shape index (κ2) is 9.43. The van der Waals surface area contributed by atoms with Crippen molar-refractivity contribution in [2.24, 2.45) is 0 Å². The van der Waals surface area contributed by atoms with Crippen LogP contribution in [0.4, 0.5) is 26.1 Å². The molecule has 0 bridgehead atoms. The first-order valence-electron chi connectivity index (χ1n) is 11.5. The average Bonchev–Trinajstić information content (AvgIpc) is 3.46. The summed E-state index contributed by atoms with van der Waals surface area (Å²) in [5.74, 6) is -0.521. The number of halogens is 2. The first-order valence-corrected chi connectivity index (χ1v) is 11.5. The van der Waals surface area contributed by atoms with Crippen molar-refractivity contribution in [1.82, 2.24) is 25.4 Å². The molecule has 1 amide bonds. The summed E-state index contributed by atoms with van der Waals surface area (Å²) in [7, 11) is 0. The van der Waals surface area contributed by atoms with Gasteiger partial charge in [0.05, 0.1) is 29.5 Å². The Bertz CT molecular complexity index is 1490. The van der Waals surface area contributed by atoms with Gasteiger partial charge in [-0.1, -0.05) is 35.5 Å². The van der Waals surface area contributed by atoms with Gasteiger partial charge in [0.2, 0.25) is 5.82 Å². The van der Waals surface area contributed by atoms with E-state index in [0.29, 0.717) is 11.3 Å². The number of carbonyl (C=O) groups is 1. The molecule has 4 heterocycles. The van der Waals surface area contributed by atoms with Crippen molar-refractivity contribution in [2.75, 3.05) is 17.2 Å². The van der Waals surface area contributed by atoms with Gasteiger partial charge in [-0.2, -0.15) is 13.8 Å². The van der Waals surface area contributed by atoms with Gasteiger partial charge in [0.1, 0.15) is 22.9 Å². The molecular formula is C25H23F2N7O4. The molecule has 4 aromatic rings. The first-order chi connectivity index (χ1) is 18.0. The number of amides is 1. The van der Waals surface area contributed by atoms with E-state index in [1.807, 2.05) is 30.3 Å². The van der Waals surface area contributed by atoms with Crippen molar-refractivity contribution in [3.05, 3.63) is 77.4 Å². The number of aromatic nitrogens is 4. The Labute approximate surface area is 215 Å². The van der Waals surface area contributed by atoms with E-state index in [0.717, 1.165) is 5.56 Å². The zero-order valence-corrected chi connectivity index (χ0v) is 20.2. The third-order valence-electron chi connectivity index (χ3n) is 5.79. The molecule has 1 atom stereocenters. The van der Waals surface area contributed by atoms with Gasteiger partial charge >= 0.3 is 6.05 Å². The van der Waals surface area contributed by atoms with E-state index in [9.17, 15) is 23.8 Å². The first kappa shape index (κ1) is 25.2. The normalized spacial score (nSPS) is 15.1. The van der Waals surface area contributed by atoms with Crippen LogP contribution in [-0.2, 0) is 11.6 Å². The number of fused-ring (bicyclic) bond motifs is 1. The van der Waals surface area contributed by atoms with E-state index < -0.39 is 29.3 Å². The van der Waals surface area contributed by atoms with E-state index in [1.54, 1.807) is 11.4 Å². The Balaban J connectivity index is 1.52. The molecule has 0 radical (unpaired) electrons. The molecule has 0 fully saturated rings. The number of aliphatic hydroxyl groups is 2. The van der Waals surface area contributed by atoms with Crippen LogP contribution in [0.2, 0.25) is 0 Å². The van der Waals surface area contributed by atoms with Gasteiger partial charge in [-0.3, -0.25) is 10.1 Å². The summed E-state index contributed by atoms with van der Waals surface area (Å²) in [6.07, 6.45) is 1.42. The lowest BCUT2D eigenvalue weighted by Gasteiger charge is -2.20. The predicted molar refractivity (Wildman–Crippen MR) is 132 cm³/mol. The number of alkyl halides is 2. The highest BCUT2D eigenvalue weighted by atomic mass is 19.3. The molecule has 11 nitrogen and oxygen atoms in total. The second-order valence-corrected chi connectivity index (χ2v) is 9.13. The van der Waals surface area contributed by atoms with E-state index in [2.05, 4.69) is 30.7 Å². The minimum atomic E-state index is -3.59. The van der Waals surface area contributed by atoms with Crippen LogP contribution in [0.3, 0.4) is 0 Å². The van der Waals surface area contributed by atoms with Crippen LogP contribution >= 0.6 is 0 Å². The molecule has 5 N–H and O–H groups in total. The van der Waals surface area contributed by atoms with E-state index >= 15 is 0 Å². The smallest absolute Gasteiger partial charge is 0.370 e. The lowest BCUT2D eigenvalue weighted by Crippen LogP contribution is -2.30. The zero-order chi connectivity index (χ0) is 27.1. The van der Waals surface area contributed by atoms with Crippen LogP contribution in [0.1, 0.15) is 47.3 Å². The van der Waals surface area contributed by atoms with Crippen molar-refractivity contribution in [3.63, 3.8) is 0 Å². The number of nitrogens with zero attached hydrogens (tertiary/aromatic N) is 4. The Morgan fingerprint density at radius 1 is 1.11 bits per heavy atom. The van der Waals surface area contributed by atoms with Crippen molar-refractivity contribution in [2.45, 2.75) is 31.5 Å². The monoisotopic (exact) mass is 523 g/mol. The van der Waals surface area contributed by atoms with Crippen LogP contribution in [-0.4, -0.2) is 42.8 Å². The van der Waals surface area contributed by atoms with E-state index in [4.69, 9.17) is 4.52 Å². The second-order valence-electron chi connectivity index (χ2n) is 9.13. The highest BCUT2D eigenvalue weighted by molar-refractivity contribution is 5.99. The van der Waals surface area contributed by atoms with Gasteiger partial charge in [0.25, 0.3) is 11.8 Å². The number of hydrogen-bond acceptors (Lipinski definition) is 10. The molecule has 1 aliphatic rings. The van der Waals surface area contributed by atoms with E-state index in [1.165, 1.54) is 32.2 Å². The summed E-state index contributed by atoms with van der Waals surface area (Å²) >= 11 is 0. The summed E-state index contributed by atoms with van der Waals surface area (Å²) < 4.78 is 33.6. The molecule has 0 unspecified atom stereocenters. The molecule has 196 valence electrons. The molecule has 0 spiro atoms. The predicted octanol–water partition coefficient (Wildman–Crippen LogP) is 3.44. The molecule has 38 heavy (non-hydrogen) atoms. The Kier molecular flexibility index (Phi) is 6.25. The van der Waals surface area contributed by atoms with Crippen molar-refractivity contribution in [3.8, 4) is 11.5 Å². The maximum Gasteiger partial charge on any atom is 0.370 e. The zero-order valence-electron chi connectivity index (χ0n) is 20.2. The molecule has 0 saturated heterocycles. The summed E-state index contributed by atoms with van der Waals surface area (Å²) in [4.78, 5) is 24.2. The molecule has 1 aliphatic heterocycles. The van der Waals surface area contributed by atoms with Crippen LogP contribution in [0.5, 0.6) is 0 Å². The van der Waals surface area contributed by atoms with Crippen molar-refractivity contribution >= 4 is 23.2 Å². The summed E-state index contributed by atoms with van der Waals surface area (Å²) in [5, 5.41) is 31.8. The van der Waals surface area contributed by atoms with Crippen molar-refractivity contribution < 1.29 is 28.3 Å². The number of rotatable bonds is 8. The Hall–Kier alpha value is -4.49. The van der Waals surface area contributed by atoms with Crippen LogP contribution in [0.25, 0.3) is 11.5 Å². The lowest BCUT2D eigenvalue weighted by atomic mass is 10.1. The van der Waals surface area contributed by atoms with Crippen LogP contribution in [0.15, 0.2) is 59.3 Å². The number of anilines is 3. The average molecular weight is 524 g/mol.